The normalized spacial score (nSPS) is 26.3. The first-order valence-corrected chi connectivity index (χ1v) is 6.65. The second-order valence-corrected chi connectivity index (χ2v) is 6.02. The predicted octanol–water partition coefficient (Wildman–Crippen LogP) is -1.43. The Kier molecular flexibility index (Phi) is 4.06. The molecule has 15 heavy (non-hydrogen) atoms. The van der Waals surface area contributed by atoms with Crippen molar-refractivity contribution in [3.05, 3.63) is 0 Å². The minimum Gasteiger partial charge on any atom is -0.480 e. The summed E-state index contributed by atoms with van der Waals surface area (Å²) in [6.45, 7) is 0.438. The van der Waals surface area contributed by atoms with Crippen LogP contribution in [0.2, 0.25) is 0 Å². The van der Waals surface area contributed by atoms with Crippen molar-refractivity contribution in [1.29, 1.82) is 0 Å². The molecule has 1 saturated heterocycles. The molecule has 0 aromatic carbocycles. The number of carboxylic acids is 1. The molecule has 1 aliphatic rings. The highest BCUT2D eigenvalue weighted by Crippen LogP contribution is 2.10. The highest BCUT2D eigenvalue weighted by Gasteiger charge is 2.27. The smallest absolute Gasteiger partial charge is 0.320 e. The topological polar surface area (TPSA) is 109 Å². The summed E-state index contributed by atoms with van der Waals surface area (Å²) in [6.07, 6.45) is 0.913. The summed E-state index contributed by atoms with van der Waals surface area (Å²) in [6, 6.07) is -0.925. The quantitative estimate of drug-likeness (QED) is 0.539. The fourth-order valence-electron chi connectivity index (χ4n) is 1.52. The molecule has 0 aliphatic carbocycles. The first-order valence-electron chi connectivity index (χ1n) is 4.83. The van der Waals surface area contributed by atoms with Gasteiger partial charge < -0.3 is 16.2 Å². The summed E-state index contributed by atoms with van der Waals surface area (Å²) >= 11 is 0. The Morgan fingerprint density at radius 1 is 1.60 bits per heavy atom. The zero-order chi connectivity index (χ0) is 11.5. The molecule has 1 fully saturated rings. The molecule has 7 heteroatoms. The summed E-state index contributed by atoms with van der Waals surface area (Å²) in [7, 11) is -2.87. The Balaban J connectivity index is 2.20. The van der Waals surface area contributed by atoms with E-state index >= 15 is 0 Å². The van der Waals surface area contributed by atoms with Gasteiger partial charge in [0.1, 0.15) is 6.04 Å². The number of aliphatic carboxylic acids is 1. The minimum atomic E-state index is -2.87. The number of nitrogens with two attached hydrogens (primary N) is 1. The fraction of sp³-hybridized carbons (Fsp3) is 0.875. The van der Waals surface area contributed by atoms with Gasteiger partial charge in [-0.05, 0) is 19.4 Å². The number of rotatable bonds is 5. The molecule has 0 amide bonds. The zero-order valence-electron chi connectivity index (χ0n) is 8.35. The molecule has 0 radical (unpaired) electrons. The highest BCUT2D eigenvalue weighted by atomic mass is 32.2. The molecular formula is C8H16N2O4S. The van der Waals surface area contributed by atoms with E-state index in [1.807, 2.05) is 0 Å². The van der Waals surface area contributed by atoms with Crippen LogP contribution in [0.25, 0.3) is 0 Å². The van der Waals surface area contributed by atoms with E-state index in [0.717, 1.165) is 0 Å². The second-order valence-electron chi connectivity index (χ2n) is 3.79. The summed E-state index contributed by atoms with van der Waals surface area (Å²) in [5.41, 5.74) is 5.30. The lowest BCUT2D eigenvalue weighted by Gasteiger charge is -2.11. The molecule has 2 unspecified atom stereocenters. The number of carboxylic acid groups (broad SMARTS) is 1. The molecule has 0 aromatic heterocycles. The lowest BCUT2D eigenvalue weighted by molar-refractivity contribution is -0.138. The van der Waals surface area contributed by atoms with Crippen LogP contribution in [-0.4, -0.2) is 49.6 Å². The molecule has 0 bridgehead atoms. The van der Waals surface area contributed by atoms with Crippen LogP contribution in [0.5, 0.6) is 0 Å². The Hall–Kier alpha value is -0.660. The minimum absolute atomic E-state index is 0.0454. The maximum Gasteiger partial charge on any atom is 0.320 e. The number of hydrogen-bond donors (Lipinski definition) is 3. The van der Waals surface area contributed by atoms with Crippen LogP contribution in [0.3, 0.4) is 0 Å². The molecule has 0 spiro atoms. The van der Waals surface area contributed by atoms with Gasteiger partial charge in [0.05, 0.1) is 11.5 Å². The standard InChI is InChI=1S/C8H16N2O4S/c9-7(8(11)12)1-3-10-6-2-4-15(13,14)5-6/h6-7,10H,1-5,9H2,(H,11,12). The SMILES string of the molecule is NC(CCNC1CCS(=O)(=O)C1)C(=O)O. The van der Waals surface area contributed by atoms with Gasteiger partial charge in [0, 0.05) is 6.04 Å². The van der Waals surface area contributed by atoms with Crippen LogP contribution in [-0.2, 0) is 14.6 Å². The molecular weight excluding hydrogens is 220 g/mol. The number of sulfone groups is 1. The van der Waals surface area contributed by atoms with Crippen molar-refractivity contribution in [2.45, 2.75) is 24.9 Å². The van der Waals surface area contributed by atoms with Crippen molar-refractivity contribution in [3.63, 3.8) is 0 Å². The number of hydrogen-bond acceptors (Lipinski definition) is 5. The summed E-state index contributed by atoms with van der Waals surface area (Å²) in [5, 5.41) is 11.5. The van der Waals surface area contributed by atoms with Crippen LogP contribution in [0.1, 0.15) is 12.8 Å². The summed E-state index contributed by atoms with van der Waals surface area (Å²) < 4.78 is 22.2. The summed E-state index contributed by atoms with van der Waals surface area (Å²) in [5.74, 6) is -0.666. The van der Waals surface area contributed by atoms with E-state index in [1.54, 1.807) is 0 Å². The third kappa shape index (κ3) is 4.15. The van der Waals surface area contributed by atoms with Gasteiger partial charge in [0.25, 0.3) is 0 Å². The van der Waals surface area contributed by atoms with E-state index in [1.165, 1.54) is 0 Å². The van der Waals surface area contributed by atoms with Crippen LogP contribution >= 0.6 is 0 Å². The molecule has 4 N–H and O–H groups in total. The van der Waals surface area contributed by atoms with Crippen molar-refractivity contribution in [1.82, 2.24) is 5.32 Å². The van der Waals surface area contributed by atoms with E-state index < -0.39 is 21.8 Å². The van der Waals surface area contributed by atoms with E-state index in [-0.39, 0.29) is 17.5 Å². The van der Waals surface area contributed by atoms with Crippen molar-refractivity contribution < 1.29 is 18.3 Å². The van der Waals surface area contributed by atoms with Crippen LogP contribution in [0.4, 0.5) is 0 Å². The molecule has 1 aliphatic heterocycles. The van der Waals surface area contributed by atoms with E-state index in [4.69, 9.17) is 10.8 Å². The monoisotopic (exact) mass is 236 g/mol. The van der Waals surface area contributed by atoms with Gasteiger partial charge in [-0.1, -0.05) is 0 Å². The van der Waals surface area contributed by atoms with Gasteiger partial charge >= 0.3 is 5.97 Å². The van der Waals surface area contributed by atoms with Gasteiger partial charge in [0.2, 0.25) is 0 Å². The number of carbonyl (C=O) groups is 1. The highest BCUT2D eigenvalue weighted by molar-refractivity contribution is 7.91. The maximum absolute atomic E-state index is 11.1. The van der Waals surface area contributed by atoms with E-state index in [2.05, 4.69) is 5.32 Å². The maximum atomic E-state index is 11.1. The Labute approximate surface area is 88.8 Å². The molecule has 6 nitrogen and oxygen atoms in total. The average Bonchev–Trinajstić information content (AvgIpc) is 2.45. The molecule has 1 heterocycles. The van der Waals surface area contributed by atoms with Gasteiger partial charge in [-0.2, -0.15) is 0 Å². The third-order valence-electron chi connectivity index (χ3n) is 2.44. The molecule has 0 saturated carbocycles. The molecule has 0 aromatic rings. The number of nitrogens with one attached hydrogen (secondary N) is 1. The predicted molar refractivity (Wildman–Crippen MR) is 55.3 cm³/mol. The van der Waals surface area contributed by atoms with Gasteiger partial charge in [0.15, 0.2) is 9.84 Å². The van der Waals surface area contributed by atoms with Crippen molar-refractivity contribution in [3.8, 4) is 0 Å². The Bertz CT molecular complexity index is 328. The van der Waals surface area contributed by atoms with Crippen LogP contribution < -0.4 is 11.1 Å². The fourth-order valence-corrected chi connectivity index (χ4v) is 3.23. The molecule has 88 valence electrons. The van der Waals surface area contributed by atoms with Crippen LogP contribution in [0.15, 0.2) is 0 Å². The Morgan fingerprint density at radius 3 is 2.73 bits per heavy atom. The van der Waals surface area contributed by atoms with Crippen molar-refractivity contribution in [2.24, 2.45) is 5.73 Å². The van der Waals surface area contributed by atoms with Gasteiger partial charge in [-0.15, -0.1) is 0 Å². The van der Waals surface area contributed by atoms with Crippen LogP contribution in [0, 0.1) is 0 Å². The average molecular weight is 236 g/mol. The van der Waals surface area contributed by atoms with E-state index in [0.29, 0.717) is 19.4 Å². The first-order chi connectivity index (χ1) is 6.91. The third-order valence-corrected chi connectivity index (χ3v) is 4.21. The van der Waals surface area contributed by atoms with E-state index in [9.17, 15) is 13.2 Å². The van der Waals surface area contributed by atoms with Gasteiger partial charge in [-0.25, -0.2) is 8.42 Å². The molecule has 2 atom stereocenters. The second kappa shape index (κ2) is 4.91. The lowest BCUT2D eigenvalue weighted by atomic mass is 10.2. The Morgan fingerprint density at radius 2 is 2.27 bits per heavy atom. The van der Waals surface area contributed by atoms with Gasteiger partial charge in [-0.3, -0.25) is 4.79 Å². The zero-order valence-corrected chi connectivity index (χ0v) is 9.16. The lowest BCUT2D eigenvalue weighted by Crippen LogP contribution is -2.37. The largest absolute Gasteiger partial charge is 0.480 e. The van der Waals surface area contributed by atoms with Crippen molar-refractivity contribution in [2.75, 3.05) is 18.1 Å². The van der Waals surface area contributed by atoms with Crippen molar-refractivity contribution >= 4 is 15.8 Å². The summed E-state index contributed by atoms with van der Waals surface area (Å²) in [4.78, 5) is 10.4. The molecule has 1 rings (SSSR count). The first kappa shape index (κ1) is 12.4.